The van der Waals surface area contributed by atoms with E-state index in [0.717, 1.165) is 16.9 Å². The number of nitrogens with zero attached hydrogens (tertiary/aromatic N) is 1. The molecule has 0 bridgehead atoms. The highest BCUT2D eigenvalue weighted by Crippen LogP contribution is 2.26. The zero-order valence-electron chi connectivity index (χ0n) is 16.1. The van der Waals surface area contributed by atoms with Crippen molar-refractivity contribution in [2.75, 3.05) is 18.4 Å². The van der Waals surface area contributed by atoms with Crippen LogP contribution in [0.15, 0.2) is 66.7 Å². The van der Waals surface area contributed by atoms with Crippen LogP contribution in [0, 0.1) is 15.9 Å². The van der Waals surface area contributed by atoms with E-state index in [1.165, 1.54) is 24.3 Å². The van der Waals surface area contributed by atoms with E-state index in [2.05, 4.69) is 10.6 Å². The molecular formula is C22H21ClFN3O3. The molecule has 0 atom stereocenters. The number of benzene rings is 3. The van der Waals surface area contributed by atoms with Crippen molar-refractivity contribution < 1.29 is 14.1 Å². The Balaban J connectivity index is 1.46. The van der Waals surface area contributed by atoms with E-state index in [0.29, 0.717) is 37.0 Å². The van der Waals surface area contributed by atoms with Gasteiger partial charge in [0.2, 0.25) is 0 Å². The molecule has 6 nitrogen and oxygen atoms in total. The van der Waals surface area contributed by atoms with E-state index in [1.807, 2.05) is 24.3 Å². The topological polar surface area (TPSA) is 76.4 Å². The molecule has 0 saturated heterocycles. The number of nitrogens with one attached hydrogen (secondary N) is 2. The lowest BCUT2D eigenvalue weighted by Crippen LogP contribution is -2.22. The SMILES string of the molecule is O=[N+]([O-])c1ccc(NCCNCc2ccccc2OCc2ccc(F)cc2)c(Cl)c1. The van der Waals surface area contributed by atoms with Crippen molar-refractivity contribution in [1.82, 2.24) is 5.32 Å². The van der Waals surface area contributed by atoms with Gasteiger partial charge in [-0.05, 0) is 29.8 Å². The number of rotatable bonds is 10. The second-order valence-corrected chi connectivity index (χ2v) is 6.95. The molecule has 3 rings (SSSR count). The van der Waals surface area contributed by atoms with Crippen LogP contribution in [-0.4, -0.2) is 18.0 Å². The van der Waals surface area contributed by atoms with Crippen LogP contribution in [0.1, 0.15) is 11.1 Å². The molecule has 0 aliphatic carbocycles. The Morgan fingerprint density at radius 1 is 1.03 bits per heavy atom. The van der Waals surface area contributed by atoms with Gasteiger partial charge in [-0.15, -0.1) is 0 Å². The molecule has 0 aromatic heterocycles. The summed E-state index contributed by atoms with van der Waals surface area (Å²) >= 11 is 6.07. The predicted molar refractivity (Wildman–Crippen MR) is 115 cm³/mol. The highest BCUT2D eigenvalue weighted by atomic mass is 35.5. The maximum absolute atomic E-state index is 13.0. The summed E-state index contributed by atoms with van der Waals surface area (Å²) in [6.45, 7) is 2.21. The fraction of sp³-hybridized carbons (Fsp3) is 0.182. The molecule has 156 valence electrons. The number of ether oxygens (including phenoxy) is 1. The number of anilines is 1. The van der Waals surface area contributed by atoms with Gasteiger partial charge in [-0.1, -0.05) is 41.9 Å². The Morgan fingerprint density at radius 2 is 1.80 bits per heavy atom. The average molecular weight is 430 g/mol. The minimum Gasteiger partial charge on any atom is -0.489 e. The summed E-state index contributed by atoms with van der Waals surface area (Å²) in [7, 11) is 0. The van der Waals surface area contributed by atoms with E-state index < -0.39 is 4.92 Å². The zero-order chi connectivity index (χ0) is 21.3. The molecule has 0 amide bonds. The Labute approximate surface area is 178 Å². The molecule has 3 aromatic rings. The molecule has 0 saturated carbocycles. The Hall–Kier alpha value is -3.16. The fourth-order valence-electron chi connectivity index (χ4n) is 2.80. The van der Waals surface area contributed by atoms with Gasteiger partial charge in [-0.2, -0.15) is 0 Å². The van der Waals surface area contributed by atoms with Crippen molar-refractivity contribution in [1.29, 1.82) is 0 Å². The van der Waals surface area contributed by atoms with Gasteiger partial charge in [-0.3, -0.25) is 10.1 Å². The normalized spacial score (nSPS) is 10.6. The molecule has 0 fully saturated rings. The van der Waals surface area contributed by atoms with Crippen molar-refractivity contribution in [2.24, 2.45) is 0 Å². The molecule has 0 spiro atoms. The van der Waals surface area contributed by atoms with Crippen molar-refractivity contribution in [3.63, 3.8) is 0 Å². The Kier molecular flexibility index (Phi) is 7.59. The summed E-state index contributed by atoms with van der Waals surface area (Å²) < 4.78 is 18.9. The van der Waals surface area contributed by atoms with Crippen LogP contribution < -0.4 is 15.4 Å². The summed E-state index contributed by atoms with van der Waals surface area (Å²) in [6, 6.07) is 18.3. The first-order chi connectivity index (χ1) is 14.5. The average Bonchev–Trinajstić information content (AvgIpc) is 2.74. The van der Waals surface area contributed by atoms with Gasteiger partial charge < -0.3 is 15.4 Å². The van der Waals surface area contributed by atoms with Gasteiger partial charge in [0.05, 0.1) is 15.6 Å². The van der Waals surface area contributed by atoms with Crippen LogP contribution in [0.2, 0.25) is 5.02 Å². The first-order valence-corrected chi connectivity index (χ1v) is 9.74. The Bertz CT molecular complexity index is 999. The van der Waals surface area contributed by atoms with Crippen molar-refractivity contribution in [2.45, 2.75) is 13.2 Å². The van der Waals surface area contributed by atoms with Crippen molar-refractivity contribution in [3.05, 3.63) is 98.8 Å². The lowest BCUT2D eigenvalue weighted by Gasteiger charge is -2.13. The molecule has 0 aliphatic heterocycles. The number of non-ortho nitro benzene ring substituents is 1. The van der Waals surface area contributed by atoms with Crippen LogP contribution in [0.5, 0.6) is 5.75 Å². The molecule has 0 aliphatic rings. The minimum absolute atomic E-state index is 0.0408. The lowest BCUT2D eigenvalue weighted by atomic mass is 10.2. The van der Waals surface area contributed by atoms with Crippen molar-refractivity contribution in [3.8, 4) is 5.75 Å². The largest absolute Gasteiger partial charge is 0.489 e. The van der Waals surface area contributed by atoms with E-state index in [4.69, 9.17) is 16.3 Å². The molecule has 0 radical (unpaired) electrons. The predicted octanol–water partition coefficient (Wildman–Crippen LogP) is 5.17. The van der Waals surface area contributed by atoms with E-state index in [-0.39, 0.29) is 11.5 Å². The number of para-hydroxylation sites is 1. The number of hydrogen-bond donors (Lipinski definition) is 2. The standard InChI is InChI=1S/C22H21ClFN3O3/c23-20-13-19(27(28)29)9-10-21(20)26-12-11-25-14-17-3-1-2-4-22(17)30-15-16-5-7-18(24)8-6-16/h1-10,13,25-26H,11-12,14-15H2. The highest BCUT2D eigenvalue weighted by Gasteiger charge is 2.09. The molecule has 0 unspecified atom stereocenters. The summed E-state index contributed by atoms with van der Waals surface area (Å²) in [5.74, 6) is 0.493. The van der Waals surface area contributed by atoms with Gasteiger partial charge >= 0.3 is 0 Å². The smallest absolute Gasteiger partial charge is 0.271 e. The van der Waals surface area contributed by atoms with Gasteiger partial charge in [0.15, 0.2) is 0 Å². The maximum Gasteiger partial charge on any atom is 0.271 e. The van der Waals surface area contributed by atoms with Gasteiger partial charge in [-0.25, -0.2) is 4.39 Å². The van der Waals surface area contributed by atoms with Crippen LogP contribution in [0.25, 0.3) is 0 Å². The van der Waals surface area contributed by atoms with E-state index in [9.17, 15) is 14.5 Å². The van der Waals surface area contributed by atoms with Crippen molar-refractivity contribution >= 4 is 23.0 Å². The molecule has 2 N–H and O–H groups in total. The zero-order valence-corrected chi connectivity index (χ0v) is 16.9. The van der Waals surface area contributed by atoms with Crippen LogP contribution in [0.4, 0.5) is 15.8 Å². The third-order valence-corrected chi connectivity index (χ3v) is 4.69. The Morgan fingerprint density at radius 3 is 2.53 bits per heavy atom. The van der Waals surface area contributed by atoms with E-state index >= 15 is 0 Å². The second-order valence-electron chi connectivity index (χ2n) is 6.55. The van der Waals surface area contributed by atoms with Crippen LogP contribution in [0.3, 0.4) is 0 Å². The fourth-order valence-corrected chi connectivity index (χ4v) is 3.04. The quantitative estimate of drug-likeness (QED) is 0.264. The number of halogens is 2. The van der Waals surface area contributed by atoms with Gasteiger partial charge in [0.1, 0.15) is 18.2 Å². The molecule has 3 aromatic carbocycles. The molecule has 0 heterocycles. The summed E-state index contributed by atoms with van der Waals surface area (Å²) in [6.07, 6.45) is 0. The third kappa shape index (κ3) is 6.17. The maximum atomic E-state index is 13.0. The number of nitro groups is 1. The first-order valence-electron chi connectivity index (χ1n) is 9.36. The molecule has 8 heteroatoms. The molecule has 30 heavy (non-hydrogen) atoms. The van der Waals surface area contributed by atoms with Crippen LogP contribution >= 0.6 is 11.6 Å². The van der Waals surface area contributed by atoms with Gasteiger partial charge in [0, 0.05) is 37.3 Å². The number of hydrogen-bond acceptors (Lipinski definition) is 5. The number of nitro benzene ring substituents is 1. The monoisotopic (exact) mass is 429 g/mol. The minimum atomic E-state index is -0.479. The third-order valence-electron chi connectivity index (χ3n) is 4.38. The van der Waals surface area contributed by atoms with Gasteiger partial charge in [0.25, 0.3) is 5.69 Å². The summed E-state index contributed by atoms with van der Waals surface area (Å²) in [5, 5.41) is 17.5. The highest BCUT2D eigenvalue weighted by molar-refractivity contribution is 6.33. The summed E-state index contributed by atoms with van der Waals surface area (Å²) in [4.78, 5) is 10.3. The molecular weight excluding hydrogens is 409 g/mol. The first kappa shape index (κ1) is 21.5. The van der Waals surface area contributed by atoms with E-state index in [1.54, 1.807) is 18.2 Å². The summed E-state index contributed by atoms with van der Waals surface area (Å²) in [5.41, 5.74) is 2.50. The second kappa shape index (κ2) is 10.6. The van der Waals surface area contributed by atoms with Crippen LogP contribution in [-0.2, 0) is 13.2 Å². The lowest BCUT2D eigenvalue weighted by molar-refractivity contribution is -0.384.